The van der Waals surface area contributed by atoms with Crippen LogP contribution in [0.15, 0.2) is 54.6 Å². The van der Waals surface area contributed by atoms with Gasteiger partial charge in [0.1, 0.15) is 0 Å². The fourth-order valence-electron chi connectivity index (χ4n) is 2.18. The summed E-state index contributed by atoms with van der Waals surface area (Å²) in [5.41, 5.74) is -0.552. The molecule has 2 N–H and O–H groups in total. The van der Waals surface area contributed by atoms with Crippen molar-refractivity contribution in [3.05, 3.63) is 65.7 Å². The Morgan fingerprint density at radius 3 is 2.38 bits per heavy atom. The molecule has 0 bridgehead atoms. The number of halogens is 3. The van der Waals surface area contributed by atoms with Crippen molar-refractivity contribution in [2.24, 2.45) is 0 Å². The SMILES string of the molecule is CCOC(=O)N[C@H](Nc1cccc(C(F)(F)F)c1)C(=O)c1ccccc1. The second kappa shape index (κ2) is 8.37. The molecule has 1 amide bonds. The fraction of sp³-hybridized carbons (Fsp3) is 0.222. The van der Waals surface area contributed by atoms with Gasteiger partial charge in [-0.25, -0.2) is 4.79 Å². The van der Waals surface area contributed by atoms with Crippen LogP contribution in [-0.4, -0.2) is 24.6 Å². The van der Waals surface area contributed by atoms with Gasteiger partial charge < -0.3 is 10.1 Å². The lowest BCUT2D eigenvalue weighted by atomic mass is 10.1. The van der Waals surface area contributed by atoms with E-state index in [2.05, 4.69) is 10.6 Å². The Morgan fingerprint density at radius 1 is 1.08 bits per heavy atom. The highest BCUT2D eigenvalue weighted by molar-refractivity contribution is 6.02. The van der Waals surface area contributed by atoms with Crippen LogP contribution in [0.2, 0.25) is 0 Å². The van der Waals surface area contributed by atoms with Crippen LogP contribution in [0.25, 0.3) is 0 Å². The summed E-state index contributed by atoms with van der Waals surface area (Å²) < 4.78 is 43.3. The van der Waals surface area contributed by atoms with Gasteiger partial charge in [0.25, 0.3) is 0 Å². The van der Waals surface area contributed by atoms with Gasteiger partial charge in [-0.3, -0.25) is 10.1 Å². The number of alkyl carbamates (subject to hydrolysis) is 1. The van der Waals surface area contributed by atoms with Gasteiger partial charge in [-0.2, -0.15) is 13.2 Å². The van der Waals surface area contributed by atoms with Crippen LogP contribution in [0.3, 0.4) is 0 Å². The van der Waals surface area contributed by atoms with E-state index < -0.39 is 29.8 Å². The van der Waals surface area contributed by atoms with E-state index in [-0.39, 0.29) is 17.9 Å². The van der Waals surface area contributed by atoms with Crippen LogP contribution in [-0.2, 0) is 10.9 Å². The quantitative estimate of drug-likeness (QED) is 0.597. The predicted molar refractivity (Wildman–Crippen MR) is 89.8 cm³/mol. The maximum absolute atomic E-state index is 12.9. The molecule has 2 rings (SSSR count). The predicted octanol–water partition coefficient (Wildman–Crippen LogP) is 4.07. The van der Waals surface area contributed by atoms with Gasteiger partial charge >= 0.3 is 12.3 Å². The van der Waals surface area contributed by atoms with Gasteiger partial charge in [0.15, 0.2) is 6.17 Å². The summed E-state index contributed by atoms with van der Waals surface area (Å²) in [4.78, 5) is 24.3. The van der Waals surface area contributed by atoms with Crippen LogP contribution < -0.4 is 10.6 Å². The topological polar surface area (TPSA) is 67.4 Å². The molecule has 0 aromatic heterocycles. The molecule has 0 aliphatic rings. The summed E-state index contributed by atoms with van der Waals surface area (Å²) in [5.74, 6) is -0.518. The molecule has 8 heteroatoms. The summed E-state index contributed by atoms with van der Waals surface area (Å²) in [6.07, 6.45) is -6.67. The number of ketones is 1. The lowest BCUT2D eigenvalue weighted by Crippen LogP contribution is -2.46. The number of carbonyl (C=O) groups excluding carboxylic acids is 2. The molecule has 0 unspecified atom stereocenters. The molecular weight excluding hydrogens is 349 g/mol. The van der Waals surface area contributed by atoms with Crippen LogP contribution in [0.4, 0.5) is 23.7 Å². The largest absolute Gasteiger partial charge is 0.450 e. The van der Waals surface area contributed by atoms with Gasteiger partial charge in [-0.1, -0.05) is 36.4 Å². The normalized spacial score (nSPS) is 12.2. The minimum Gasteiger partial charge on any atom is -0.450 e. The zero-order valence-corrected chi connectivity index (χ0v) is 13.8. The maximum atomic E-state index is 12.9. The standard InChI is InChI=1S/C18H17F3N2O3/c1-2-26-17(25)23-16(15(24)12-7-4-3-5-8-12)22-14-10-6-9-13(11-14)18(19,20)21/h3-11,16,22H,2H2,1H3,(H,23,25)/t16-/m0/s1. The molecule has 1 atom stereocenters. The Hall–Kier alpha value is -3.03. The summed E-state index contributed by atoms with van der Waals surface area (Å²) in [7, 11) is 0. The van der Waals surface area contributed by atoms with Crippen LogP contribution in [0.1, 0.15) is 22.8 Å². The number of Topliss-reactive ketones (excluding diaryl/α,β-unsaturated/α-hetero) is 1. The van der Waals surface area contributed by atoms with Crippen molar-refractivity contribution in [2.75, 3.05) is 11.9 Å². The van der Waals surface area contributed by atoms with E-state index in [0.29, 0.717) is 0 Å². The Bertz CT molecular complexity index is 764. The highest BCUT2D eigenvalue weighted by atomic mass is 19.4. The molecule has 0 heterocycles. The first-order chi connectivity index (χ1) is 12.3. The number of rotatable bonds is 6. The molecule has 0 radical (unpaired) electrons. The summed E-state index contributed by atoms with van der Waals surface area (Å²) >= 11 is 0. The minimum atomic E-state index is -4.52. The van der Waals surface area contributed by atoms with Crippen molar-refractivity contribution in [1.29, 1.82) is 0 Å². The van der Waals surface area contributed by atoms with Crippen molar-refractivity contribution in [3.63, 3.8) is 0 Å². The number of nitrogens with one attached hydrogen (secondary N) is 2. The van der Waals surface area contributed by atoms with Crippen molar-refractivity contribution in [3.8, 4) is 0 Å². The molecule has 5 nitrogen and oxygen atoms in total. The Labute approximate surface area is 148 Å². The third kappa shape index (κ3) is 5.23. The molecule has 0 spiro atoms. The van der Waals surface area contributed by atoms with Crippen molar-refractivity contribution in [1.82, 2.24) is 5.32 Å². The first-order valence-electron chi connectivity index (χ1n) is 7.77. The zero-order chi connectivity index (χ0) is 19.2. The molecular formula is C18H17F3N2O3. The number of ether oxygens (including phenoxy) is 1. The van der Waals surface area contributed by atoms with Gasteiger partial charge in [0.05, 0.1) is 12.2 Å². The monoisotopic (exact) mass is 366 g/mol. The molecule has 138 valence electrons. The number of carbonyl (C=O) groups is 2. The molecule has 0 aliphatic heterocycles. The van der Waals surface area contributed by atoms with E-state index in [4.69, 9.17) is 4.74 Å². The van der Waals surface area contributed by atoms with E-state index in [1.807, 2.05) is 0 Å². The summed E-state index contributed by atoms with van der Waals surface area (Å²) in [6, 6.07) is 12.4. The van der Waals surface area contributed by atoms with E-state index in [9.17, 15) is 22.8 Å². The Balaban J connectivity index is 2.26. The Morgan fingerprint density at radius 2 is 1.77 bits per heavy atom. The van der Waals surface area contributed by atoms with Gasteiger partial charge in [-0.05, 0) is 25.1 Å². The van der Waals surface area contributed by atoms with Crippen molar-refractivity contribution in [2.45, 2.75) is 19.3 Å². The second-order valence-electron chi connectivity index (χ2n) is 5.25. The molecule has 0 aliphatic carbocycles. The van der Waals surface area contributed by atoms with Gasteiger partial charge in [0, 0.05) is 11.3 Å². The summed E-state index contributed by atoms with van der Waals surface area (Å²) in [6.45, 7) is 1.68. The number of hydrogen-bond donors (Lipinski definition) is 2. The molecule has 0 fully saturated rings. The van der Waals surface area contributed by atoms with E-state index in [1.165, 1.54) is 24.3 Å². The minimum absolute atomic E-state index is 0.0332. The lowest BCUT2D eigenvalue weighted by Gasteiger charge is -2.20. The highest BCUT2D eigenvalue weighted by Crippen LogP contribution is 2.30. The average molecular weight is 366 g/mol. The second-order valence-corrected chi connectivity index (χ2v) is 5.25. The molecule has 0 saturated heterocycles. The molecule has 2 aromatic carbocycles. The Kier molecular flexibility index (Phi) is 6.21. The number of alkyl halides is 3. The third-order valence-electron chi connectivity index (χ3n) is 3.36. The van der Waals surface area contributed by atoms with Crippen LogP contribution in [0.5, 0.6) is 0 Å². The number of benzene rings is 2. The van der Waals surface area contributed by atoms with Crippen LogP contribution in [0, 0.1) is 0 Å². The maximum Gasteiger partial charge on any atom is 0.416 e. The van der Waals surface area contributed by atoms with E-state index >= 15 is 0 Å². The average Bonchev–Trinajstić information content (AvgIpc) is 2.61. The number of anilines is 1. The van der Waals surface area contributed by atoms with E-state index in [0.717, 1.165) is 12.1 Å². The third-order valence-corrected chi connectivity index (χ3v) is 3.36. The zero-order valence-electron chi connectivity index (χ0n) is 13.8. The van der Waals surface area contributed by atoms with Gasteiger partial charge in [-0.15, -0.1) is 0 Å². The lowest BCUT2D eigenvalue weighted by molar-refractivity contribution is -0.137. The first-order valence-corrected chi connectivity index (χ1v) is 7.77. The highest BCUT2D eigenvalue weighted by Gasteiger charge is 2.31. The fourth-order valence-corrected chi connectivity index (χ4v) is 2.18. The number of hydrogen-bond acceptors (Lipinski definition) is 4. The van der Waals surface area contributed by atoms with Crippen molar-refractivity contribution >= 4 is 17.6 Å². The number of amides is 1. The summed E-state index contributed by atoms with van der Waals surface area (Å²) in [5, 5.41) is 4.94. The van der Waals surface area contributed by atoms with Gasteiger partial charge in [0.2, 0.25) is 5.78 Å². The molecule has 2 aromatic rings. The van der Waals surface area contributed by atoms with Crippen LogP contribution >= 0.6 is 0 Å². The van der Waals surface area contributed by atoms with E-state index in [1.54, 1.807) is 25.1 Å². The smallest absolute Gasteiger partial charge is 0.416 e. The first kappa shape index (κ1) is 19.3. The molecule has 0 saturated carbocycles. The molecule has 26 heavy (non-hydrogen) atoms. The van der Waals surface area contributed by atoms with Crippen molar-refractivity contribution < 1.29 is 27.5 Å².